The highest BCUT2D eigenvalue weighted by molar-refractivity contribution is 6.01. The van der Waals surface area contributed by atoms with E-state index < -0.39 is 17.7 Å². The third-order valence-electron chi connectivity index (χ3n) is 4.42. The van der Waals surface area contributed by atoms with Crippen molar-refractivity contribution < 1.29 is 27.4 Å². The minimum atomic E-state index is -4.74. The molecule has 0 spiro atoms. The number of hydrogen-bond acceptors (Lipinski definition) is 6. The summed E-state index contributed by atoms with van der Waals surface area (Å²) >= 11 is 0. The van der Waals surface area contributed by atoms with Gasteiger partial charge in [0.2, 0.25) is 5.91 Å². The molecule has 36 heavy (non-hydrogen) atoms. The summed E-state index contributed by atoms with van der Waals surface area (Å²) in [6.45, 7) is 15.6. The van der Waals surface area contributed by atoms with Gasteiger partial charge in [-0.2, -0.15) is 13.2 Å². The summed E-state index contributed by atoms with van der Waals surface area (Å²) in [7, 11) is 2.92. The van der Waals surface area contributed by atoms with Crippen molar-refractivity contribution >= 4 is 23.5 Å². The predicted octanol–water partition coefficient (Wildman–Crippen LogP) is 6.21. The van der Waals surface area contributed by atoms with E-state index in [-0.39, 0.29) is 22.9 Å². The maximum Gasteiger partial charge on any atom is 0.419 e. The molecule has 0 unspecified atom stereocenters. The molecule has 7 nitrogen and oxygen atoms in total. The van der Waals surface area contributed by atoms with Gasteiger partial charge in [0.1, 0.15) is 11.6 Å². The normalized spacial score (nSPS) is 13.0. The highest BCUT2D eigenvalue weighted by Gasteiger charge is 2.34. The number of rotatable bonds is 12. The number of carbonyl (C=O) groups excluding carboxylic acids is 1. The number of benzene rings is 1. The minimum Gasteiger partial charge on any atom is -0.501 e. The first-order valence-corrected chi connectivity index (χ1v) is 10.6. The van der Waals surface area contributed by atoms with Gasteiger partial charge in [-0.25, -0.2) is 4.99 Å². The van der Waals surface area contributed by atoms with Gasteiger partial charge in [0, 0.05) is 23.7 Å². The van der Waals surface area contributed by atoms with E-state index in [1.807, 2.05) is 0 Å². The van der Waals surface area contributed by atoms with Crippen molar-refractivity contribution in [3.8, 4) is 5.75 Å². The van der Waals surface area contributed by atoms with Crippen LogP contribution in [0.1, 0.15) is 20.8 Å². The van der Waals surface area contributed by atoms with Crippen LogP contribution in [0.4, 0.5) is 24.5 Å². The van der Waals surface area contributed by atoms with E-state index in [1.165, 1.54) is 39.3 Å². The Balaban J connectivity index is 3.32. The quantitative estimate of drug-likeness (QED) is 0.136. The van der Waals surface area contributed by atoms with Crippen molar-refractivity contribution in [2.24, 2.45) is 4.99 Å². The lowest BCUT2D eigenvalue weighted by atomic mass is 10.2. The molecule has 0 heterocycles. The molecule has 1 aromatic rings. The van der Waals surface area contributed by atoms with Crippen LogP contribution in [0.15, 0.2) is 95.3 Å². The summed E-state index contributed by atoms with van der Waals surface area (Å²) in [6.07, 6.45) is 0.262. The molecule has 1 rings (SSSR count). The Bertz CT molecular complexity index is 1130. The average Bonchev–Trinajstić information content (AvgIpc) is 2.78. The standard InChI is InChI=1S/C26H31F3N4O3/c1-9-25(34)33-24-14-21(36-8)10-11-23(24)31-18(5)22(26(27,28)29)15-30-19(6)32-20(12-16(2)3)13-17(4)35-7/h9-15,31-32H,1-2,6H2,3-5,7-8H3,(H,33,34)/b17-13+,20-12+,22-18-,30-15?. The Morgan fingerprint density at radius 2 is 1.72 bits per heavy atom. The van der Waals surface area contributed by atoms with Crippen LogP contribution in [0, 0.1) is 0 Å². The van der Waals surface area contributed by atoms with Crippen LogP contribution in [-0.2, 0) is 9.53 Å². The highest BCUT2D eigenvalue weighted by atomic mass is 19.4. The molecule has 0 fully saturated rings. The smallest absolute Gasteiger partial charge is 0.419 e. The van der Waals surface area contributed by atoms with Gasteiger partial charge in [-0.15, -0.1) is 0 Å². The van der Waals surface area contributed by atoms with E-state index >= 15 is 0 Å². The van der Waals surface area contributed by atoms with Crippen molar-refractivity contribution in [1.82, 2.24) is 5.32 Å². The van der Waals surface area contributed by atoms with E-state index in [0.717, 1.165) is 6.08 Å². The second-order valence-corrected chi connectivity index (χ2v) is 7.50. The number of carbonyl (C=O) groups is 1. The van der Waals surface area contributed by atoms with Gasteiger partial charge in [-0.3, -0.25) is 4.79 Å². The number of ether oxygens (including phenoxy) is 2. The van der Waals surface area contributed by atoms with E-state index in [2.05, 4.69) is 40.7 Å². The Kier molecular flexibility index (Phi) is 11.3. The predicted molar refractivity (Wildman–Crippen MR) is 139 cm³/mol. The number of halogens is 3. The number of allylic oxidation sites excluding steroid dienone is 6. The number of aliphatic imine (C=N–C) groups is 1. The van der Waals surface area contributed by atoms with Crippen molar-refractivity contribution in [3.63, 3.8) is 0 Å². The molecule has 0 atom stereocenters. The van der Waals surface area contributed by atoms with Crippen molar-refractivity contribution in [2.45, 2.75) is 26.9 Å². The molecule has 3 N–H and O–H groups in total. The number of hydrogen-bond donors (Lipinski definition) is 3. The van der Waals surface area contributed by atoms with Crippen LogP contribution < -0.4 is 20.7 Å². The average molecular weight is 505 g/mol. The largest absolute Gasteiger partial charge is 0.501 e. The maximum absolute atomic E-state index is 13.9. The lowest BCUT2D eigenvalue weighted by molar-refractivity contribution is -0.111. The van der Waals surface area contributed by atoms with Crippen LogP contribution >= 0.6 is 0 Å². The molecule has 0 saturated carbocycles. The molecule has 194 valence electrons. The number of nitrogens with one attached hydrogen (secondary N) is 3. The lowest BCUT2D eigenvalue weighted by Crippen LogP contribution is -2.19. The van der Waals surface area contributed by atoms with Crippen LogP contribution in [0.5, 0.6) is 5.75 Å². The van der Waals surface area contributed by atoms with Crippen LogP contribution in [0.25, 0.3) is 0 Å². The Hall–Kier alpha value is -4.21. The number of alkyl halides is 3. The second kappa shape index (κ2) is 13.6. The molecule has 1 aromatic carbocycles. The zero-order valence-electron chi connectivity index (χ0n) is 21.0. The number of nitrogens with zero attached hydrogens (tertiary/aromatic N) is 1. The molecule has 0 aliphatic rings. The van der Waals surface area contributed by atoms with Gasteiger partial charge in [-0.1, -0.05) is 25.3 Å². The number of amides is 1. The summed E-state index contributed by atoms with van der Waals surface area (Å²) in [5, 5.41) is 8.05. The monoisotopic (exact) mass is 504 g/mol. The molecule has 10 heteroatoms. The van der Waals surface area contributed by atoms with Crippen LogP contribution in [0.3, 0.4) is 0 Å². The summed E-state index contributed by atoms with van der Waals surface area (Å²) in [6, 6.07) is 4.48. The lowest BCUT2D eigenvalue weighted by Gasteiger charge is -2.17. The third kappa shape index (κ3) is 9.96. The fourth-order valence-corrected chi connectivity index (χ4v) is 2.70. The molecule has 1 amide bonds. The number of anilines is 2. The van der Waals surface area contributed by atoms with E-state index in [0.29, 0.717) is 29.0 Å². The van der Waals surface area contributed by atoms with E-state index in [1.54, 1.807) is 26.0 Å². The summed E-state index contributed by atoms with van der Waals surface area (Å²) in [4.78, 5) is 15.6. The first kappa shape index (κ1) is 29.8. The molecule has 0 radical (unpaired) electrons. The topological polar surface area (TPSA) is 84.0 Å². The molecule has 0 aromatic heterocycles. The fraction of sp³-hybridized carbons (Fsp3) is 0.231. The second-order valence-electron chi connectivity index (χ2n) is 7.50. The molecular weight excluding hydrogens is 473 g/mol. The van der Waals surface area contributed by atoms with Gasteiger partial charge < -0.3 is 25.4 Å². The molecule has 0 saturated heterocycles. The Labute approximate surface area is 209 Å². The van der Waals surface area contributed by atoms with Gasteiger partial charge >= 0.3 is 6.18 Å². The van der Waals surface area contributed by atoms with Crippen LogP contribution in [-0.4, -0.2) is 32.5 Å². The van der Waals surface area contributed by atoms with Gasteiger partial charge in [0.05, 0.1) is 36.9 Å². The maximum atomic E-state index is 13.9. The summed E-state index contributed by atoms with van der Waals surface area (Å²) < 4.78 is 51.8. The van der Waals surface area contributed by atoms with Crippen molar-refractivity contribution in [3.05, 3.63) is 90.3 Å². The summed E-state index contributed by atoms with van der Waals surface area (Å²) in [5.74, 6) is 0.379. The fourth-order valence-electron chi connectivity index (χ4n) is 2.70. The van der Waals surface area contributed by atoms with Crippen molar-refractivity contribution in [2.75, 3.05) is 24.9 Å². The zero-order chi connectivity index (χ0) is 27.5. The minimum absolute atomic E-state index is 0.0411. The zero-order valence-corrected chi connectivity index (χ0v) is 21.0. The van der Waals surface area contributed by atoms with Gasteiger partial charge in [-0.05, 0) is 51.1 Å². The first-order chi connectivity index (χ1) is 16.8. The van der Waals surface area contributed by atoms with Gasteiger partial charge in [0.25, 0.3) is 0 Å². The van der Waals surface area contributed by atoms with Crippen molar-refractivity contribution in [1.29, 1.82) is 0 Å². The van der Waals surface area contributed by atoms with E-state index in [4.69, 9.17) is 9.47 Å². The molecule has 0 bridgehead atoms. The van der Waals surface area contributed by atoms with Crippen LogP contribution in [0.2, 0.25) is 0 Å². The Morgan fingerprint density at radius 3 is 2.25 bits per heavy atom. The molecule has 0 aliphatic heterocycles. The third-order valence-corrected chi connectivity index (χ3v) is 4.42. The van der Waals surface area contributed by atoms with E-state index in [9.17, 15) is 18.0 Å². The molecule has 0 aliphatic carbocycles. The summed E-state index contributed by atoms with van der Waals surface area (Å²) in [5.41, 5.74) is 0.296. The first-order valence-electron chi connectivity index (χ1n) is 10.6. The Morgan fingerprint density at radius 1 is 1.06 bits per heavy atom. The van der Waals surface area contributed by atoms with Gasteiger partial charge in [0.15, 0.2) is 0 Å². The molecular formula is C26H31F3N4O3. The highest BCUT2D eigenvalue weighted by Crippen LogP contribution is 2.32. The number of methoxy groups -OCH3 is 2. The SMILES string of the molecule is C=CC(=O)Nc1cc(OC)ccc1N/C(C)=C(/C=NC(=C)NC(=C/C(=C)C)/C=C(\C)OC)C(F)(F)F.